The third-order valence-corrected chi connectivity index (χ3v) is 3.58. The van der Waals surface area contributed by atoms with Crippen LogP contribution in [0, 0.1) is 6.92 Å². The fourth-order valence-corrected chi connectivity index (χ4v) is 2.39. The van der Waals surface area contributed by atoms with E-state index in [0.717, 1.165) is 40.0 Å². The number of aryl methyl sites for hydroxylation is 2. The highest BCUT2D eigenvalue weighted by molar-refractivity contribution is 5.80. The van der Waals surface area contributed by atoms with Crippen LogP contribution < -0.4 is 0 Å². The molecule has 0 saturated heterocycles. The first-order chi connectivity index (χ1) is 9.69. The zero-order chi connectivity index (χ0) is 14.1. The Morgan fingerprint density at radius 2 is 2.10 bits per heavy atom. The summed E-state index contributed by atoms with van der Waals surface area (Å²) < 4.78 is 1.85. The van der Waals surface area contributed by atoms with Crippen molar-refractivity contribution in [3.05, 3.63) is 71.8 Å². The van der Waals surface area contributed by atoms with Crippen LogP contribution >= 0.6 is 0 Å². The first kappa shape index (κ1) is 12.6. The molecule has 0 aliphatic rings. The van der Waals surface area contributed by atoms with Crippen molar-refractivity contribution in [2.24, 2.45) is 0 Å². The summed E-state index contributed by atoms with van der Waals surface area (Å²) in [5.74, 6) is 0. The van der Waals surface area contributed by atoms with Crippen LogP contribution in [0.1, 0.15) is 29.4 Å². The number of fused-ring (bicyclic) bond motifs is 1. The molecule has 0 aliphatic carbocycles. The van der Waals surface area contributed by atoms with Gasteiger partial charge in [-0.1, -0.05) is 19.6 Å². The summed E-state index contributed by atoms with van der Waals surface area (Å²) in [5.41, 5.74) is 6.42. The van der Waals surface area contributed by atoms with E-state index in [-0.39, 0.29) is 0 Å². The molecule has 0 fully saturated rings. The largest absolute Gasteiger partial charge is 0.258 e. The van der Waals surface area contributed by atoms with E-state index in [9.17, 15) is 0 Å². The van der Waals surface area contributed by atoms with Gasteiger partial charge in [-0.2, -0.15) is 5.10 Å². The summed E-state index contributed by atoms with van der Waals surface area (Å²) in [7, 11) is 0. The lowest BCUT2D eigenvalue weighted by Crippen LogP contribution is -1.97. The summed E-state index contributed by atoms with van der Waals surface area (Å²) >= 11 is 0. The maximum atomic E-state index is 4.61. The number of hydrogen-bond donors (Lipinski definition) is 0. The van der Waals surface area contributed by atoms with E-state index in [1.807, 2.05) is 29.8 Å². The Morgan fingerprint density at radius 1 is 1.25 bits per heavy atom. The normalized spacial score (nSPS) is 10.9. The summed E-state index contributed by atoms with van der Waals surface area (Å²) in [6.07, 6.45) is 4.71. The molecule has 0 unspecified atom stereocenters. The molecule has 3 nitrogen and oxygen atoms in total. The number of rotatable bonds is 3. The highest BCUT2D eigenvalue weighted by Gasteiger charge is 2.08. The lowest BCUT2D eigenvalue weighted by atomic mass is 9.98. The van der Waals surface area contributed by atoms with Crippen molar-refractivity contribution in [2.75, 3.05) is 0 Å². The smallest absolute Gasteiger partial charge is 0.0667 e. The van der Waals surface area contributed by atoms with Crippen molar-refractivity contribution >= 4 is 11.1 Å². The molecule has 0 aromatic carbocycles. The fourth-order valence-electron chi connectivity index (χ4n) is 2.39. The molecule has 0 radical (unpaired) electrons. The van der Waals surface area contributed by atoms with E-state index in [1.165, 1.54) is 0 Å². The van der Waals surface area contributed by atoms with E-state index in [4.69, 9.17) is 0 Å². The Bertz CT molecular complexity index is 784. The Kier molecular flexibility index (Phi) is 3.11. The van der Waals surface area contributed by atoms with Crippen molar-refractivity contribution < 1.29 is 0 Å². The van der Waals surface area contributed by atoms with Crippen LogP contribution in [-0.4, -0.2) is 14.6 Å². The molecule has 3 heteroatoms. The first-order valence-corrected chi connectivity index (χ1v) is 6.78. The van der Waals surface area contributed by atoms with Crippen LogP contribution in [0.25, 0.3) is 11.1 Å². The van der Waals surface area contributed by atoms with Gasteiger partial charge in [0.25, 0.3) is 0 Å². The number of aromatic nitrogens is 3. The average Bonchev–Trinajstić information content (AvgIpc) is 2.93. The molecule has 0 saturated carbocycles. The van der Waals surface area contributed by atoms with Gasteiger partial charge in [0, 0.05) is 29.3 Å². The van der Waals surface area contributed by atoms with Crippen molar-refractivity contribution in [2.45, 2.75) is 20.3 Å². The Labute approximate surface area is 118 Å². The van der Waals surface area contributed by atoms with Gasteiger partial charge in [0.1, 0.15) is 0 Å². The molecule has 0 aliphatic heterocycles. The summed E-state index contributed by atoms with van der Waals surface area (Å²) in [6.45, 7) is 8.39. The van der Waals surface area contributed by atoms with Crippen molar-refractivity contribution in [3.8, 4) is 0 Å². The standard InChI is InChI=1S/C17H17N3/c1-4-15-5-6-17(13(3)19-15)12(2)14-8-10-20-16(11-14)7-9-18-20/h5-11H,2,4H2,1,3H3. The molecule has 0 atom stereocenters. The molecular formula is C17H17N3. The van der Waals surface area contributed by atoms with E-state index >= 15 is 0 Å². The number of nitrogens with zero attached hydrogens (tertiary/aromatic N) is 3. The molecule has 0 N–H and O–H groups in total. The van der Waals surface area contributed by atoms with E-state index in [1.54, 1.807) is 6.20 Å². The van der Waals surface area contributed by atoms with Gasteiger partial charge in [-0.05, 0) is 48.7 Å². The van der Waals surface area contributed by atoms with E-state index < -0.39 is 0 Å². The summed E-state index contributed by atoms with van der Waals surface area (Å²) in [5, 5.41) is 4.21. The monoisotopic (exact) mass is 263 g/mol. The van der Waals surface area contributed by atoms with Gasteiger partial charge in [-0.25, -0.2) is 4.52 Å². The predicted octanol–water partition coefficient (Wildman–Crippen LogP) is 3.66. The lowest BCUT2D eigenvalue weighted by Gasteiger charge is -2.10. The van der Waals surface area contributed by atoms with Crippen LogP contribution in [0.4, 0.5) is 0 Å². The second-order valence-electron chi connectivity index (χ2n) is 4.88. The quantitative estimate of drug-likeness (QED) is 0.722. The summed E-state index contributed by atoms with van der Waals surface area (Å²) in [6, 6.07) is 10.3. The second-order valence-corrected chi connectivity index (χ2v) is 4.88. The van der Waals surface area contributed by atoms with Crippen LogP contribution in [0.5, 0.6) is 0 Å². The molecule has 0 bridgehead atoms. The summed E-state index contributed by atoms with van der Waals surface area (Å²) in [4.78, 5) is 4.61. The van der Waals surface area contributed by atoms with Gasteiger partial charge in [0.2, 0.25) is 0 Å². The minimum absolute atomic E-state index is 0.954. The molecule has 100 valence electrons. The lowest BCUT2D eigenvalue weighted by molar-refractivity contribution is 0.960. The van der Waals surface area contributed by atoms with Crippen LogP contribution in [0.2, 0.25) is 0 Å². The predicted molar refractivity (Wildman–Crippen MR) is 81.7 cm³/mol. The second kappa shape index (κ2) is 4.93. The highest BCUT2D eigenvalue weighted by Crippen LogP contribution is 2.24. The van der Waals surface area contributed by atoms with Crippen LogP contribution in [0.3, 0.4) is 0 Å². The topological polar surface area (TPSA) is 30.2 Å². The van der Waals surface area contributed by atoms with Gasteiger partial charge in [0.15, 0.2) is 0 Å². The van der Waals surface area contributed by atoms with Crippen molar-refractivity contribution in [3.63, 3.8) is 0 Å². The zero-order valence-electron chi connectivity index (χ0n) is 11.8. The number of pyridine rings is 2. The third-order valence-electron chi connectivity index (χ3n) is 3.58. The fraction of sp³-hybridized carbons (Fsp3) is 0.176. The average molecular weight is 263 g/mol. The maximum Gasteiger partial charge on any atom is 0.0667 e. The van der Waals surface area contributed by atoms with Gasteiger partial charge in [-0.15, -0.1) is 0 Å². The number of hydrogen-bond acceptors (Lipinski definition) is 2. The third kappa shape index (κ3) is 2.11. The molecule has 20 heavy (non-hydrogen) atoms. The van der Waals surface area contributed by atoms with Crippen LogP contribution in [0.15, 0.2) is 49.3 Å². The molecular weight excluding hydrogens is 246 g/mol. The minimum Gasteiger partial charge on any atom is -0.258 e. The Morgan fingerprint density at radius 3 is 2.85 bits per heavy atom. The molecule has 3 aromatic rings. The van der Waals surface area contributed by atoms with E-state index in [0.29, 0.717) is 0 Å². The van der Waals surface area contributed by atoms with Gasteiger partial charge >= 0.3 is 0 Å². The van der Waals surface area contributed by atoms with Gasteiger partial charge < -0.3 is 0 Å². The minimum atomic E-state index is 0.954. The molecule has 0 amide bonds. The highest BCUT2D eigenvalue weighted by atomic mass is 15.2. The van der Waals surface area contributed by atoms with Gasteiger partial charge in [-0.3, -0.25) is 4.98 Å². The first-order valence-electron chi connectivity index (χ1n) is 6.78. The molecule has 3 rings (SSSR count). The SMILES string of the molecule is C=C(c1ccn2nccc2c1)c1ccc(CC)nc1C. The Balaban J connectivity index is 2.03. The van der Waals surface area contributed by atoms with Gasteiger partial charge in [0.05, 0.1) is 5.52 Å². The molecule has 0 spiro atoms. The maximum absolute atomic E-state index is 4.61. The van der Waals surface area contributed by atoms with E-state index in [2.05, 4.69) is 41.8 Å². The van der Waals surface area contributed by atoms with Crippen molar-refractivity contribution in [1.82, 2.24) is 14.6 Å². The van der Waals surface area contributed by atoms with Crippen molar-refractivity contribution in [1.29, 1.82) is 0 Å². The zero-order valence-corrected chi connectivity index (χ0v) is 11.8. The molecule has 3 heterocycles. The molecule has 3 aromatic heterocycles. The van der Waals surface area contributed by atoms with Crippen LogP contribution in [-0.2, 0) is 6.42 Å². The Hall–Kier alpha value is -2.42.